The van der Waals surface area contributed by atoms with Gasteiger partial charge in [-0.2, -0.15) is 0 Å². The van der Waals surface area contributed by atoms with Crippen LogP contribution in [0.4, 0.5) is 0 Å². The van der Waals surface area contributed by atoms with Crippen LogP contribution in [0, 0.1) is 11.8 Å². The molecule has 3 atom stereocenters. The van der Waals surface area contributed by atoms with Crippen LogP contribution in [-0.2, 0) is 4.79 Å². The molecule has 0 saturated carbocycles. The molecule has 80 valence electrons. The number of ketones is 1. The summed E-state index contributed by atoms with van der Waals surface area (Å²) in [6.07, 6.45) is 0.522. The minimum Gasteiger partial charge on any atom is -0.390 e. The quantitative estimate of drug-likeness (QED) is 0.693. The van der Waals surface area contributed by atoms with Crippen LogP contribution in [-0.4, -0.2) is 28.2 Å². The molecule has 3 nitrogen and oxygen atoms in total. The standard InChI is InChI=1S/C11H18O3/c1-6(2)10(13)8-4-7(3)11(14)9(12)5-8/h4,6-7,9,11-12,14H,5H2,1-3H3. The fourth-order valence-corrected chi connectivity index (χ4v) is 1.73. The molecule has 0 aromatic carbocycles. The Morgan fingerprint density at radius 2 is 2.07 bits per heavy atom. The summed E-state index contributed by atoms with van der Waals surface area (Å²) in [5.41, 5.74) is 0.658. The van der Waals surface area contributed by atoms with Crippen LogP contribution in [0.2, 0.25) is 0 Å². The minimum absolute atomic E-state index is 0.0455. The molecule has 0 aromatic rings. The molecule has 0 radical (unpaired) electrons. The summed E-state index contributed by atoms with van der Waals surface area (Å²) in [6.45, 7) is 5.48. The fraction of sp³-hybridized carbons (Fsp3) is 0.727. The highest BCUT2D eigenvalue weighted by molar-refractivity contribution is 5.96. The summed E-state index contributed by atoms with van der Waals surface area (Å²) in [7, 11) is 0. The lowest BCUT2D eigenvalue weighted by Crippen LogP contribution is -2.36. The Morgan fingerprint density at radius 1 is 1.50 bits per heavy atom. The van der Waals surface area contributed by atoms with Gasteiger partial charge in [0.15, 0.2) is 5.78 Å². The largest absolute Gasteiger partial charge is 0.390 e. The van der Waals surface area contributed by atoms with Crippen LogP contribution in [0.15, 0.2) is 11.6 Å². The van der Waals surface area contributed by atoms with Crippen molar-refractivity contribution in [2.24, 2.45) is 11.8 Å². The molecule has 0 fully saturated rings. The summed E-state index contributed by atoms with van der Waals surface area (Å²) in [6, 6.07) is 0. The number of carbonyl (C=O) groups is 1. The van der Waals surface area contributed by atoms with E-state index in [9.17, 15) is 15.0 Å². The molecule has 3 heteroatoms. The van der Waals surface area contributed by atoms with Crippen molar-refractivity contribution in [3.8, 4) is 0 Å². The van der Waals surface area contributed by atoms with Gasteiger partial charge in [-0.05, 0) is 5.57 Å². The van der Waals surface area contributed by atoms with E-state index in [4.69, 9.17) is 0 Å². The Kier molecular flexibility index (Phi) is 3.45. The Balaban J connectivity index is 2.82. The Bertz CT molecular complexity index is 255. The average Bonchev–Trinajstić information content (AvgIpc) is 2.12. The van der Waals surface area contributed by atoms with Crippen molar-refractivity contribution in [3.63, 3.8) is 0 Å². The van der Waals surface area contributed by atoms with Crippen molar-refractivity contribution < 1.29 is 15.0 Å². The van der Waals surface area contributed by atoms with E-state index in [1.165, 1.54) is 0 Å². The maximum Gasteiger partial charge on any atom is 0.161 e. The molecule has 0 aliphatic heterocycles. The first-order chi connectivity index (χ1) is 6.43. The zero-order valence-corrected chi connectivity index (χ0v) is 8.90. The third-order valence-electron chi connectivity index (χ3n) is 2.67. The fourth-order valence-electron chi connectivity index (χ4n) is 1.73. The molecule has 2 N–H and O–H groups in total. The SMILES string of the molecule is CC(C)C(=O)C1=CC(C)C(O)C(O)C1. The molecule has 1 aliphatic carbocycles. The monoisotopic (exact) mass is 198 g/mol. The Labute approximate surface area is 84.4 Å². The van der Waals surface area contributed by atoms with Crippen molar-refractivity contribution in [1.29, 1.82) is 0 Å². The highest BCUT2D eigenvalue weighted by Gasteiger charge is 2.30. The molecule has 0 aromatic heterocycles. The molecule has 0 spiro atoms. The first kappa shape index (κ1) is 11.4. The molecule has 0 bridgehead atoms. The number of carbonyl (C=O) groups excluding carboxylic acids is 1. The normalized spacial score (nSPS) is 33.0. The van der Waals surface area contributed by atoms with E-state index in [2.05, 4.69) is 0 Å². The second-order valence-electron chi connectivity index (χ2n) is 4.33. The van der Waals surface area contributed by atoms with Crippen LogP contribution in [0.1, 0.15) is 27.2 Å². The number of rotatable bonds is 2. The first-order valence-electron chi connectivity index (χ1n) is 5.04. The lowest BCUT2D eigenvalue weighted by atomic mass is 9.83. The van der Waals surface area contributed by atoms with Crippen LogP contribution in [0.3, 0.4) is 0 Å². The smallest absolute Gasteiger partial charge is 0.161 e. The minimum atomic E-state index is -0.798. The number of hydrogen-bond donors (Lipinski definition) is 2. The Morgan fingerprint density at radius 3 is 2.50 bits per heavy atom. The molecule has 1 rings (SSSR count). The Hall–Kier alpha value is -0.670. The van der Waals surface area contributed by atoms with Gasteiger partial charge in [-0.25, -0.2) is 0 Å². The number of aliphatic hydroxyl groups excluding tert-OH is 2. The molecular formula is C11H18O3. The van der Waals surface area contributed by atoms with Crippen LogP contribution < -0.4 is 0 Å². The topological polar surface area (TPSA) is 57.5 Å². The maximum atomic E-state index is 11.6. The summed E-state index contributed by atoms with van der Waals surface area (Å²) in [4.78, 5) is 11.6. The third-order valence-corrected chi connectivity index (χ3v) is 2.67. The van der Waals surface area contributed by atoms with Crippen molar-refractivity contribution >= 4 is 5.78 Å². The van der Waals surface area contributed by atoms with Crippen molar-refractivity contribution in [1.82, 2.24) is 0 Å². The van der Waals surface area contributed by atoms with Gasteiger partial charge in [-0.15, -0.1) is 0 Å². The van der Waals surface area contributed by atoms with Crippen LogP contribution in [0.5, 0.6) is 0 Å². The predicted octanol–water partition coefficient (Wildman–Crippen LogP) is 0.899. The van der Waals surface area contributed by atoms with Gasteiger partial charge in [0.05, 0.1) is 12.2 Å². The molecule has 0 heterocycles. The molecular weight excluding hydrogens is 180 g/mol. The van der Waals surface area contributed by atoms with Crippen molar-refractivity contribution in [2.75, 3.05) is 0 Å². The van der Waals surface area contributed by atoms with Gasteiger partial charge in [0, 0.05) is 18.3 Å². The zero-order valence-electron chi connectivity index (χ0n) is 8.90. The highest BCUT2D eigenvalue weighted by Crippen LogP contribution is 2.25. The van der Waals surface area contributed by atoms with Gasteiger partial charge >= 0.3 is 0 Å². The summed E-state index contributed by atoms with van der Waals surface area (Å²) in [5.74, 6) is -0.116. The van der Waals surface area contributed by atoms with Crippen molar-refractivity contribution in [3.05, 3.63) is 11.6 Å². The van der Waals surface area contributed by atoms with E-state index < -0.39 is 12.2 Å². The molecule has 0 saturated heterocycles. The highest BCUT2D eigenvalue weighted by atomic mass is 16.3. The van der Waals surface area contributed by atoms with E-state index in [-0.39, 0.29) is 24.0 Å². The second-order valence-corrected chi connectivity index (χ2v) is 4.33. The van der Waals surface area contributed by atoms with Gasteiger partial charge in [0.25, 0.3) is 0 Å². The van der Waals surface area contributed by atoms with Gasteiger partial charge < -0.3 is 10.2 Å². The van der Waals surface area contributed by atoms with Gasteiger partial charge in [0.2, 0.25) is 0 Å². The third kappa shape index (κ3) is 2.22. The van der Waals surface area contributed by atoms with Gasteiger partial charge in [0.1, 0.15) is 0 Å². The molecule has 3 unspecified atom stereocenters. The lowest BCUT2D eigenvalue weighted by Gasteiger charge is -2.28. The number of aliphatic hydroxyl groups is 2. The predicted molar refractivity (Wildman–Crippen MR) is 53.7 cm³/mol. The van der Waals surface area contributed by atoms with E-state index in [1.807, 2.05) is 13.8 Å². The average molecular weight is 198 g/mol. The van der Waals surface area contributed by atoms with Crippen LogP contribution >= 0.6 is 0 Å². The number of hydrogen-bond acceptors (Lipinski definition) is 3. The summed E-state index contributed by atoms with van der Waals surface area (Å²) >= 11 is 0. The maximum absolute atomic E-state index is 11.6. The summed E-state index contributed by atoms with van der Waals surface area (Å²) in [5, 5.41) is 19.0. The van der Waals surface area contributed by atoms with Gasteiger partial charge in [-0.3, -0.25) is 4.79 Å². The molecule has 14 heavy (non-hydrogen) atoms. The van der Waals surface area contributed by atoms with E-state index in [0.29, 0.717) is 5.57 Å². The van der Waals surface area contributed by atoms with Crippen LogP contribution in [0.25, 0.3) is 0 Å². The zero-order chi connectivity index (χ0) is 10.9. The molecule has 0 amide bonds. The second kappa shape index (κ2) is 4.24. The van der Waals surface area contributed by atoms with E-state index in [1.54, 1.807) is 13.0 Å². The first-order valence-corrected chi connectivity index (χ1v) is 5.04. The lowest BCUT2D eigenvalue weighted by molar-refractivity contribution is -0.119. The summed E-state index contributed by atoms with van der Waals surface area (Å²) < 4.78 is 0. The van der Waals surface area contributed by atoms with Crippen molar-refractivity contribution in [2.45, 2.75) is 39.4 Å². The van der Waals surface area contributed by atoms with E-state index >= 15 is 0 Å². The van der Waals surface area contributed by atoms with Gasteiger partial charge in [-0.1, -0.05) is 26.8 Å². The molecule has 1 aliphatic rings. The van der Waals surface area contributed by atoms with E-state index in [0.717, 1.165) is 0 Å². The number of Topliss-reactive ketones (excluding diaryl/α,β-unsaturated/α-hetero) is 1.